The molecule has 3 N–H and O–H groups in total. The number of ether oxygens (including phenoxy) is 1. The van der Waals surface area contributed by atoms with Gasteiger partial charge in [-0.3, -0.25) is 10.1 Å². The topological polar surface area (TPSA) is 90.4 Å². The average Bonchev–Trinajstić information content (AvgIpc) is 2.82. The van der Waals surface area contributed by atoms with Gasteiger partial charge in [0.25, 0.3) is 5.69 Å². The van der Waals surface area contributed by atoms with Crippen molar-refractivity contribution in [2.45, 2.75) is 12.8 Å². The van der Waals surface area contributed by atoms with Crippen LogP contribution in [0.15, 0.2) is 18.2 Å². The summed E-state index contributed by atoms with van der Waals surface area (Å²) >= 11 is 0. The van der Waals surface area contributed by atoms with Crippen molar-refractivity contribution in [2.24, 2.45) is 5.92 Å². The van der Waals surface area contributed by atoms with Gasteiger partial charge < -0.3 is 15.8 Å². The Morgan fingerprint density at radius 2 is 2.39 bits per heavy atom. The van der Waals surface area contributed by atoms with Gasteiger partial charge in [-0.25, -0.2) is 0 Å². The number of rotatable bonds is 5. The third kappa shape index (κ3) is 3.10. The van der Waals surface area contributed by atoms with Crippen LogP contribution < -0.4 is 11.1 Å². The first kappa shape index (κ1) is 12.6. The lowest BCUT2D eigenvalue weighted by molar-refractivity contribution is -0.383. The van der Waals surface area contributed by atoms with E-state index in [2.05, 4.69) is 5.32 Å². The van der Waals surface area contributed by atoms with Gasteiger partial charge in [-0.1, -0.05) is 0 Å². The van der Waals surface area contributed by atoms with Crippen LogP contribution in [0.25, 0.3) is 0 Å². The number of nitro benzene ring substituents is 1. The molecule has 1 aromatic rings. The molecule has 0 unspecified atom stereocenters. The molecule has 0 aromatic heterocycles. The average molecular weight is 251 g/mol. The minimum atomic E-state index is -0.402. The van der Waals surface area contributed by atoms with E-state index in [1.54, 1.807) is 6.07 Å². The van der Waals surface area contributed by atoms with Gasteiger partial charge in [0.1, 0.15) is 5.69 Å². The third-order valence-corrected chi connectivity index (χ3v) is 3.11. The molecule has 2 rings (SSSR count). The zero-order valence-electron chi connectivity index (χ0n) is 10.1. The van der Waals surface area contributed by atoms with E-state index in [0.717, 1.165) is 26.1 Å². The van der Waals surface area contributed by atoms with E-state index in [4.69, 9.17) is 10.5 Å². The Morgan fingerprint density at radius 1 is 1.56 bits per heavy atom. The largest absolute Gasteiger partial charge is 0.399 e. The zero-order chi connectivity index (χ0) is 13.0. The standard InChI is InChI=1S/C12H17N3O3/c13-10-1-2-12(15(16)17)11(7-10)14-5-3-9-4-6-18-8-9/h1-2,7,9,14H,3-6,8,13H2/t9-/m1/s1. The SMILES string of the molecule is Nc1ccc([N+](=O)[O-])c(NCC[C@@H]2CCOC2)c1. The van der Waals surface area contributed by atoms with Crippen LogP contribution in [0.2, 0.25) is 0 Å². The Labute approximate surface area is 105 Å². The van der Waals surface area contributed by atoms with Crippen LogP contribution in [0.4, 0.5) is 17.1 Å². The van der Waals surface area contributed by atoms with Crippen LogP contribution in [0, 0.1) is 16.0 Å². The summed E-state index contributed by atoms with van der Waals surface area (Å²) in [5.41, 5.74) is 6.71. The molecule has 1 aromatic carbocycles. The maximum atomic E-state index is 10.9. The molecule has 6 nitrogen and oxygen atoms in total. The number of hydrogen-bond donors (Lipinski definition) is 2. The normalized spacial score (nSPS) is 18.8. The molecule has 1 heterocycles. The number of nitro groups is 1. The fourth-order valence-corrected chi connectivity index (χ4v) is 2.08. The minimum Gasteiger partial charge on any atom is -0.399 e. The van der Waals surface area contributed by atoms with Crippen LogP contribution in [-0.4, -0.2) is 24.7 Å². The maximum Gasteiger partial charge on any atom is 0.292 e. The Morgan fingerprint density at radius 3 is 3.06 bits per heavy atom. The first-order valence-electron chi connectivity index (χ1n) is 6.02. The highest BCUT2D eigenvalue weighted by Gasteiger charge is 2.17. The highest BCUT2D eigenvalue weighted by atomic mass is 16.6. The van der Waals surface area contributed by atoms with E-state index in [1.165, 1.54) is 12.1 Å². The van der Waals surface area contributed by atoms with E-state index in [0.29, 0.717) is 23.8 Å². The van der Waals surface area contributed by atoms with Gasteiger partial charge in [0.2, 0.25) is 0 Å². The molecule has 1 aliphatic rings. The van der Waals surface area contributed by atoms with Gasteiger partial charge in [-0.15, -0.1) is 0 Å². The summed E-state index contributed by atoms with van der Waals surface area (Å²) in [6.45, 7) is 2.31. The second-order valence-electron chi connectivity index (χ2n) is 4.48. The molecular weight excluding hydrogens is 234 g/mol. The van der Waals surface area contributed by atoms with E-state index in [-0.39, 0.29) is 5.69 Å². The summed E-state index contributed by atoms with van der Waals surface area (Å²) in [5, 5.41) is 13.9. The number of nitrogen functional groups attached to an aromatic ring is 1. The van der Waals surface area contributed by atoms with Crippen LogP contribution in [-0.2, 0) is 4.74 Å². The lowest BCUT2D eigenvalue weighted by Gasteiger charge is -2.10. The number of nitrogens with two attached hydrogens (primary N) is 1. The van der Waals surface area contributed by atoms with E-state index >= 15 is 0 Å². The molecule has 18 heavy (non-hydrogen) atoms. The van der Waals surface area contributed by atoms with Gasteiger partial charge in [-0.05, 0) is 30.9 Å². The van der Waals surface area contributed by atoms with Crippen molar-refractivity contribution >= 4 is 17.1 Å². The number of benzene rings is 1. The molecule has 0 bridgehead atoms. The summed E-state index contributed by atoms with van der Waals surface area (Å²) in [7, 11) is 0. The number of nitrogens with zero attached hydrogens (tertiary/aromatic N) is 1. The fourth-order valence-electron chi connectivity index (χ4n) is 2.08. The Kier molecular flexibility index (Phi) is 3.99. The lowest BCUT2D eigenvalue weighted by Crippen LogP contribution is -2.10. The second-order valence-corrected chi connectivity index (χ2v) is 4.48. The molecule has 0 aliphatic carbocycles. The van der Waals surface area contributed by atoms with Crippen molar-refractivity contribution in [2.75, 3.05) is 30.8 Å². The second kappa shape index (κ2) is 5.68. The summed E-state index contributed by atoms with van der Waals surface area (Å²) in [6.07, 6.45) is 2.02. The number of hydrogen-bond acceptors (Lipinski definition) is 5. The molecule has 6 heteroatoms. The van der Waals surface area contributed by atoms with E-state index < -0.39 is 4.92 Å². The summed E-state index contributed by atoms with van der Waals surface area (Å²) in [6, 6.07) is 4.56. The summed E-state index contributed by atoms with van der Waals surface area (Å²) in [4.78, 5) is 10.5. The molecule has 1 fully saturated rings. The van der Waals surface area contributed by atoms with Crippen LogP contribution >= 0.6 is 0 Å². The lowest BCUT2D eigenvalue weighted by atomic mass is 10.1. The van der Waals surface area contributed by atoms with Crippen molar-refractivity contribution in [1.29, 1.82) is 0 Å². The smallest absolute Gasteiger partial charge is 0.292 e. The quantitative estimate of drug-likeness (QED) is 0.474. The molecule has 1 aliphatic heterocycles. The Hall–Kier alpha value is -1.82. The summed E-state index contributed by atoms with van der Waals surface area (Å²) < 4.78 is 5.28. The van der Waals surface area contributed by atoms with E-state index in [9.17, 15) is 10.1 Å². The molecule has 0 radical (unpaired) electrons. The summed E-state index contributed by atoms with van der Waals surface area (Å²) in [5.74, 6) is 0.553. The fraction of sp³-hybridized carbons (Fsp3) is 0.500. The van der Waals surface area contributed by atoms with Crippen LogP contribution in [0.1, 0.15) is 12.8 Å². The first-order valence-corrected chi connectivity index (χ1v) is 6.02. The van der Waals surface area contributed by atoms with Gasteiger partial charge in [-0.2, -0.15) is 0 Å². The van der Waals surface area contributed by atoms with Gasteiger partial charge >= 0.3 is 0 Å². The predicted molar refractivity (Wildman–Crippen MR) is 69.5 cm³/mol. The van der Waals surface area contributed by atoms with Crippen molar-refractivity contribution in [3.05, 3.63) is 28.3 Å². The molecule has 0 saturated carbocycles. The van der Waals surface area contributed by atoms with Crippen LogP contribution in [0.5, 0.6) is 0 Å². The van der Waals surface area contributed by atoms with Crippen molar-refractivity contribution < 1.29 is 9.66 Å². The zero-order valence-corrected chi connectivity index (χ0v) is 10.1. The molecule has 0 spiro atoms. The maximum absolute atomic E-state index is 10.9. The minimum absolute atomic E-state index is 0.0619. The van der Waals surface area contributed by atoms with Gasteiger partial charge in [0, 0.05) is 31.5 Å². The van der Waals surface area contributed by atoms with Crippen LogP contribution in [0.3, 0.4) is 0 Å². The third-order valence-electron chi connectivity index (χ3n) is 3.11. The molecular formula is C12H17N3O3. The van der Waals surface area contributed by atoms with E-state index in [1.807, 2.05) is 0 Å². The van der Waals surface area contributed by atoms with Crippen molar-refractivity contribution in [1.82, 2.24) is 0 Å². The molecule has 0 amide bonds. The van der Waals surface area contributed by atoms with Gasteiger partial charge in [0.15, 0.2) is 0 Å². The highest BCUT2D eigenvalue weighted by molar-refractivity contribution is 5.67. The molecule has 98 valence electrons. The monoisotopic (exact) mass is 251 g/mol. The van der Waals surface area contributed by atoms with Crippen molar-refractivity contribution in [3.8, 4) is 0 Å². The van der Waals surface area contributed by atoms with Gasteiger partial charge in [0.05, 0.1) is 4.92 Å². The number of nitrogens with one attached hydrogen (secondary N) is 1. The highest BCUT2D eigenvalue weighted by Crippen LogP contribution is 2.27. The predicted octanol–water partition coefficient (Wildman–Crippen LogP) is 2.02. The first-order chi connectivity index (χ1) is 8.66. The Balaban J connectivity index is 1.94. The molecule has 1 saturated heterocycles. The number of anilines is 2. The molecule has 1 atom stereocenters. The Bertz CT molecular complexity index is 431. The van der Waals surface area contributed by atoms with Crippen molar-refractivity contribution in [3.63, 3.8) is 0 Å².